The van der Waals surface area contributed by atoms with Gasteiger partial charge in [-0.1, -0.05) is 6.07 Å². The minimum absolute atomic E-state index is 0.118. The number of amides is 1. The van der Waals surface area contributed by atoms with E-state index in [2.05, 4.69) is 15.3 Å². The summed E-state index contributed by atoms with van der Waals surface area (Å²) in [6.07, 6.45) is 2.80. The monoisotopic (exact) mass is 317 g/mol. The first kappa shape index (κ1) is 17.1. The van der Waals surface area contributed by atoms with Gasteiger partial charge in [-0.15, -0.1) is 0 Å². The van der Waals surface area contributed by atoms with E-state index in [1.165, 1.54) is 0 Å². The smallest absolute Gasteiger partial charge is 0.407 e. The average molecular weight is 317 g/mol. The molecule has 1 aromatic carbocycles. The van der Waals surface area contributed by atoms with Crippen LogP contribution in [0.25, 0.3) is 11.0 Å². The number of hydrogen-bond acceptors (Lipinski definition) is 5. The summed E-state index contributed by atoms with van der Waals surface area (Å²) in [6.45, 7) is 5.94. The lowest BCUT2D eigenvalue weighted by atomic mass is 10.1. The van der Waals surface area contributed by atoms with E-state index < -0.39 is 11.7 Å². The third kappa shape index (κ3) is 5.49. The molecule has 0 fully saturated rings. The number of aromatic nitrogens is 2. The van der Waals surface area contributed by atoms with Gasteiger partial charge in [0.05, 0.1) is 29.5 Å². The number of benzene rings is 1. The quantitative estimate of drug-likeness (QED) is 0.828. The van der Waals surface area contributed by atoms with Crippen molar-refractivity contribution in [3.05, 3.63) is 35.7 Å². The zero-order chi connectivity index (χ0) is 16.9. The average Bonchev–Trinajstić information content (AvgIpc) is 2.49. The zero-order valence-electron chi connectivity index (χ0n) is 13.8. The Morgan fingerprint density at radius 2 is 2.09 bits per heavy atom. The van der Waals surface area contributed by atoms with Crippen LogP contribution in [0.3, 0.4) is 0 Å². The third-order valence-electron chi connectivity index (χ3n) is 3.13. The first-order chi connectivity index (χ1) is 10.9. The first-order valence-electron chi connectivity index (χ1n) is 7.69. The molecule has 124 valence electrons. The number of aliphatic hydroxyl groups excluding tert-OH is 1. The van der Waals surface area contributed by atoms with Crippen molar-refractivity contribution in [3.63, 3.8) is 0 Å². The molecule has 0 unspecified atom stereocenters. The van der Waals surface area contributed by atoms with Gasteiger partial charge in [0, 0.05) is 6.54 Å². The molecule has 0 spiro atoms. The molecule has 2 rings (SSSR count). The molecule has 0 aliphatic carbocycles. The SMILES string of the molecule is CC(C)(C)OC(=O)NCCCc1ccc2ncc(CO)nc2c1. The van der Waals surface area contributed by atoms with Crippen LogP contribution < -0.4 is 5.32 Å². The molecule has 6 nitrogen and oxygen atoms in total. The maximum atomic E-state index is 11.5. The Morgan fingerprint density at radius 1 is 1.30 bits per heavy atom. The molecule has 1 amide bonds. The van der Waals surface area contributed by atoms with Crippen molar-refractivity contribution in [3.8, 4) is 0 Å². The Morgan fingerprint density at radius 3 is 2.78 bits per heavy atom. The number of nitrogens with zero attached hydrogens (tertiary/aromatic N) is 2. The molecule has 1 aromatic heterocycles. The maximum Gasteiger partial charge on any atom is 0.407 e. The van der Waals surface area contributed by atoms with Gasteiger partial charge in [-0.05, 0) is 51.3 Å². The molecule has 2 N–H and O–H groups in total. The van der Waals surface area contributed by atoms with E-state index in [-0.39, 0.29) is 6.61 Å². The summed E-state index contributed by atoms with van der Waals surface area (Å²) in [5.41, 5.74) is 2.77. The number of rotatable bonds is 5. The topological polar surface area (TPSA) is 84.3 Å². The molecule has 0 aliphatic rings. The van der Waals surface area contributed by atoms with Crippen LogP contribution in [0.1, 0.15) is 38.4 Å². The van der Waals surface area contributed by atoms with Crippen LogP contribution >= 0.6 is 0 Å². The summed E-state index contributed by atoms with van der Waals surface area (Å²) in [4.78, 5) is 20.1. The largest absolute Gasteiger partial charge is 0.444 e. The molecule has 0 saturated heterocycles. The summed E-state index contributed by atoms with van der Waals surface area (Å²) in [5.74, 6) is 0. The number of aryl methyl sites for hydroxylation is 1. The summed E-state index contributed by atoms with van der Waals surface area (Å²) >= 11 is 0. The predicted octanol–water partition coefficient (Wildman–Crippen LogP) is 2.58. The number of carbonyl (C=O) groups is 1. The Hall–Kier alpha value is -2.21. The Labute approximate surface area is 135 Å². The lowest BCUT2D eigenvalue weighted by Gasteiger charge is -2.19. The van der Waals surface area contributed by atoms with Crippen LogP contribution in [-0.4, -0.2) is 33.3 Å². The van der Waals surface area contributed by atoms with Crippen LogP contribution in [0.5, 0.6) is 0 Å². The van der Waals surface area contributed by atoms with Gasteiger partial charge < -0.3 is 15.2 Å². The van der Waals surface area contributed by atoms with Crippen molar-refractivity contribution in [1.82, 2.24) is 15.3 Å². The molecule has 0 atom stereocenters. The molecular weight excluding hydrogens is 294 g/mol. The Kier molecular flexibility index (Phi) is 5.50. The second-order valence-electron chi connectivity index (χ2n) is 6.37. The number of fused-ring (bicyclic) bond motifs is 1. The lowest BCUT2D eigenvalue weighted by Crippen LogP contribution is -2.33. The van der Waals surface area contributed by atoms with Crippen LogP contribution in [0, 0.1) is 0 Å². The van der Waals surface area contributed by atoms with E-state index in [9.17, 15) is 4.79 Å². The summed E-state index contributed by atoms with van der Waals surface area (Å²) in [7, 11) is 0. The molecule has 6 heteroatoms. The van der Waals surface area contributed by atoms with Crippen molar-refractivity contribution >= 4 is 17.1 Å². The van der Waals surface area contributed by atoms with Crippen LogP contribution in [0.2, 0.25) is 0 Å². The number of ether oxygens (including phenoxy) is 1. The van der Waals surface area contributed by atoms with Gasteiger partial charge >= 0.3 is 6.09 Å². The number of alkyl carbamates (subject to hydrolysis) is 1. The van der Waals surface area contributed by atoms with Gasteiger partial charge in [-0.3, -0.25) is 4.98 Å². The van der Waals surface area contributed by atoms with Crippen molar-refractivity contribution in [2.75, 3.05) is 6.54 Å². The van der Waals surface area contributed by atoms with E-state index in [1.807, 2.05) is 39.0 Å². The van der Waals surface area contributed by atoms with Crippen LogP contribution in [0.15, 0.2) is 24.4 Å². The van der Waals surface area contributed by atoms with Crippen molar-refractivity contribution in [1.29, 1.82) is 0 Å². The predicted molar refractivity (Wildman–Crippen MR) is 88.0 cm³/mol. The second-order valence-corrected chi connectivity index (χ2v) is 6.37. The van der Waals surface area contributed by atoms with Crippen LogP contribution in [0.4, 0.5) is 4.79 Å². The fraction of sp³-hybridized carbons (Fsp3) is 0.471. The zero-order valence-corrected chi connectivity index (χ0v) is 13.8. The van der Waals surface area contributed by atoms with Gasteiger partial charge in [0.15, 0.2) is 0 Å². The molecule has 0 saturated carbocycles. The maximum absolute atomic E-state index is 11.5. The molecule has 1 heterocycles. The summed E-state index contributed by atoms with van der Waals surface area (Å²) in [6, 6.07) is 5.89. The third-order valence-corrected chi connectivity index (χ3v) is 3.13. The van der Waals surface area contributed by atoms with E-state index in [1.54, 1.807) is 6.20 Å². The highest BCUT2D eigenvalue weighted by Gasteiger charge is 2.15. The highest BCUT2D eigenvalue weighted by atomic mass is 16.6. The van der Waals surface area contributed by atoms with Crippen molar-refractivity contribution < 1.29 is 14.6 Å². The van der Waals surface area contributed by atoms with Gasteiger partial charge in [0.25, 0.3) is 0 Å². The number of hydrogen-bond donors (Lipinski definition) is 2. The molecule has 0 radical (unpaired) electrons. The van der Waals surface area contributed by atoms with Gasteiger partial charge in [-0.25, -0.2) is 9.78 Å². The minimum Gasteiger partial charge on any atom is -0.444 e. The lowest BCUT2D eigenvalue weighted by molar-refractivity contribution is 0.0527. The van der Waals surface area contributed by atoms with Crippen molar-refractivity contribution in [2.24, 2.45) is 0 Å². The van der Waals surface area contributed by atoms with E-state index in [0.717, 1.165) is 29.4 Å². The van der Waals surface area contributed by atoms with Gasteiger partial charge in [0.2, 0.25) is 0 Å². The molecule has 0 aliphatic heterocycles. The molecule has 23 heavy (non-hydrogen) atoms. The summed E-state index contributed by atoms with van der Waals surface area (Å²) in [5, 5.41) is 11.9. The van der Waals surface area contributed by atoms with Gasteiger partial charge in [-0.2, -0.15) is 0 Å². The standard InChI is InChI=1S/C17H23N3O3/c1-17(2,3)23-16(22)18-8-4-5-12-6-7-14-15(9-12)20-13(11-21)10-19-14/h6-7,9-10,21H,4-5,8,11H2,1-3H3,(H,18,22). The first-order valence-corrected chi connectivity index (χ1v) is 7.69. The Balaban J connectivity index is 1.86. The van der Waals surface area contributed by atoms with Crippen LogP contribution in [-0.2, 0) is 17.8 Å². The Bertz CT molecular complexity index is 680. The number of nitrogens with one attached hydrogen (secondary N) is 1. The molecule has 2 aromatic rings. The highest BCUT2D eigenvalue weighted by molar-refractivity contribution is 5.74. The molecule has 0 bridgehead atoms. The fourth-order valence-corrected chi connectivity index (χ4v) is 2.12. The molecular formula is C17H23N3O3. The second kappa shape index (κ2) is 7.37. The minimum atomic E-state index is -0.481. The highest BCUT2D eigenvalue weighted by Crippen LogP contribution is 2.14. The number of aliphatic hydroxyl groups is 1. The number of carbonyl (C=O) groups excluding carboxylic acids is 1. The van der Waals surface area contributed by atoms with Crippen molar-refractivity contribution in [2.45, 2.75) is 45.8 Å². The fourth-order valence-electron chi connectivity index (χ4n) is 2.12. The van der Waals surface area contributed by atoms with E-state index >= 15 is 0 Å². The van der Waals surface area contributed by atoms with E-state index in [4.69, 9.17) is 9.84 Å². The van der Waals surface area contributed by atoms with E-state index in [0.29, 0.717) is 12.2 Å². The summed E-state index contributed by atoms with van der Waals surface area (Å²) < 4.78 is 5.18. The normalized spacial score (nSPS) is 11.5. The van der Waals surface area contributed by atoms with Gasteiger partial charge in [0.1, 0.15) is 5.60 Å².